The predicted octanol–water partition coefficient (Wildman–Crippen LogP) is 1.82. The van der Waals surface area contributed by atoms with Crippen LogP contribution in [0.2, 0.25) is 0 Å². The second-order valence-corrected chi connectivity index (χ2v) is 9.64. The van der Waals surface area contributed by atoms with E-state index >= 15 is 0 Å². The van der Waals surface area contributed by atoms with E-state index in [1.54, 1.807) is 41.2 Å². The van der Waals surface area contributed by atoms with E-state index in [0.717, 1.165) is 17.5 Å². The smallest absolute Gasteiger partial charge is 0.334 e. The lowest BCUT2D eigenvalue weighted by Crippen LogP contribution is -2.76. The van der Waals surface area contributed by atoms with Crippen molar-refractivity contribution in [2.45, 2.75) is 31.6 Å². The van der Waals surface area contributed by atoms with Crippen molar-refractivity contribution in [1.29, 1.82) is 0 Å². The number of nitrogens with zero attached hydrogens (tertiary/aromatic N) is 4. The summed E-state index contributed by atoms with van der Waals surface area (Å²) in [6, 6.07) is 11.1. The summed E-state index contributed by atoms with van der Waals surface area (Å²) in [5.41, 5.74) is 1.50. The van der Waals surface area contributed by atoms with Crippen LogP contribution < -0.4 is 5.32 Å². The molecular weight excluding hydrogens is 493 g/mol. The van der Waals surface area contributed by atoms with Gasteiger partial charge in [0, 0.05) is 26.4 Å². The van der Waals surface area contributed by atoms with Crippen LogP contribution in [0.3, 0.4) is 0 Å². The number of amides is 4. The molecule has 0 spiro atoms. The molecule has 2 fully saturated rings. The molecule has 4 amide bonds. The molecule has 0 saturated carbocycles. The van der Waals surface area contributed by atoms with Crippen molar-refractivity contribution in [2.75, 3.05) is 33.3 Å². The van der Waals surface area contributed by atoms with Crippen LogP contribution in [0.5, 0.6) is 5.75 Å². The minimum absolute atomic E-state index is 0.0753. The number of likely N-dealkylation sites (N-methyl/N-ethyl adjacent to an activating group) is 1. The molecule has 5 rings (SSSR count). The largest absolute Gasteiger partial charge is 0.508 e. The minimum atomic E-state index is -0.839. The van der Waals surface area contributed by atoms with Crippen molar-refractivity contribution in [3.8, 4) is 5.75 Å². The number of aromatic hydroxyl groups is 1. The maximum Gasteiger partial charge on any atom is 0.334 e. The fraction of sp³-hybridized carbons (Fsp3) is 0.370. The first-order chi connectivity index (χ1) is 18.3. The number of rotatable bonds is 6. The summed E-state index contributed by atoms with van der Waals surface area (Å²) in [5.74, 6) is -0.0484. The van der Waals surface area contributed by atoms with E-state index in [-0.39, 0.29) is 56.0 Å². The number of nitrogens with one attached hydrogen (secondary N) is 1. The van der Waals surface area contributed by atoms with Gasteiger partial charge in [0.05, 0.1) is 26.2 Å². The first kappa shape index (κ1) is 25.5. The predicted molar refractivity (Wildman–Crippen MR) is 135 cm³/mol. The van der Waals surface area contributed by atoms with E-state index in [1.807, 2.05) is 6.08 Å². The van der Waals surface area contributed by atoms with Crippen LogP contribution in [-0.2, 0) is 27.3 Å². The summed E-state index contributed by atoms with van der Waals surface area (Å²) in [6.07, 6.45) is 2.20. The second-order valence-electron chi connectivity index (χ2n) is 9.64. The molecule has 0 unspecified atom stereocenters. The maximum absolute atomic E-state index is 13.7. The Morgan fingerprint density at radius 3 is 2.50 bits per heavy atom. The number of urea groups is 1. The van der Waals surface area contributed by atoms with Gasteiger partial charge in [0.2, 0.25) is 11.8 Å². The maximum atomic E-state index is 13.7. The molecule has 3 heterocycles. The lowest BCUT2D eigenvalue weighted by atomic mass is 9.98. The molecule has 0 radical (unpaired) electrons. The molecule has 2 atom stereocenters. The highest BCUT2D eigenvalue weighted by atomic mass is 19.1. The zero-order valence-corrected chi connectivity index (χ0v) is 21.0. The van der Waals surface area contributed by atoms with Gasteiger partial charge < -0.3 is 25.0 Å². The second kappa shape index (κ2) is 10.7. The van der Waals surface area contributed by atoms with Gasteiger partial charge in [0.1, 0.15) is 29.5 Å². The molecule has 0 aliphatic carbocycles. The number of piperazine rings is 1. The summed E-state index contributed by atoms with van der Waals surface area (Å²) >= 11 is 0. The van der Waals surface area contributed by atoms with E-state index in [0.29, 0.717) is 12.4 Å². The number of halogens is 1. The molecule has 38 heavy (non-hydrogen) atoms. The average Bonchev–Trinajstić information content (AvgIpc) is 3.40. The SMILES string of the molecule is CN1CC(=O)N2[C@@H](Cc3ccc(O)cc3)C(=O)N(CC3=CCCO3)C[C@@H]2N1C(=O)NCc1ccc(F)cc1. The van der Waals surface area contributed by atoms with Crippen LogP contribution in [-0.4, -0.2) is 88.3 Å². The van der Waals surface area contributed by atoms with E-state index < -0.39 is 18.2 Å². The zero-order chi connectivity index (χ0) is 26.8. The van der Waals surface area contributed by atoms with Crippen molar-refractivity contribution in [2.24, 2.45) is 0 Å². The van der Waals surface area contributed by atoms with E-state index in [1.165, 1.54) is 34.2 Å². The third-order valence-electron chi connectivity index (χ3n) is 6.99. The molecule has 0 aromatic heterocycles. The molecule has 2 aromatic carbocycles. The number of benzene rings is 2. The summed E-state index contributed by atoms with van der Waals surface area (Å²) in [4.78, 5) is 43.6. The third kappa shape index (κ3) is 5.28. The summed E-state index contributed by atoms with van der Waals surface area (Å²) < 4.78 is 18.9. The van der Waals surface area contributed by atoms with Gasteiger partial charge in [-0.3, -0.25) is 9.59 Å². The normalized spacial score (nSPS) is 21.7. The number of phenols is 1. The molecule has 2 N–H and O–H groups in total. The Morgan fingerprint density at radius 2 is 1.82 bits per heavy atom. The molecule has 3 aliphatic rings. The highest BCUT2D eigenvalue weighted by Gasteiger charge is 2.50. The highest BCUT2D eigenvalue weighted by Crippen LogP contribution is 2.29. The van der Waals surface area contributed by atoms with Gasteiger partial charge in [-0.05, 0) is 41.5 Å². The third-order valence-corrected chi connectivity index (χ3v) is 6.99. The van der Waals surface area contributed by atoms with Crippen LogP contribution in [0.4, 0.5) is 9.18 Å². The quantitative estimate of drug-likeness (QED) is 0.599. The molecule has 2 aromatic rings. The van der Waals surface area contributed by atoms with Crippen molar-refractivity contribution in [3.63, 3.8) is 0 Å². The van der Waals surface area contributed by atoms with Crippen LogP contribution in [0.25, 0.3) is 0 Å². The molecular formula is C27H30FN5O5. The van der Waals surface area contributed by atoms with Crippen LogP contribution in [0.1, 0.15) is 17.5 Å². The Morgan fingerprint density at radius 1 is 1.11 bits per heavy atom. The summed E-state index contributed by atoms with van der Waals surface area (Å²) in [5, 5.41) is 15.6. The van der Waals surface area contributed by atoms with E-state index in [4.69, 9.17) is 4.74 Å². The Labute approximate surface area is 219 Å². The van der Waals surface area contributed by atoms with Crippen LogP contribution in [0, 0.1) is 5.82 Å². The van der Waals surface area contributed by atoms with Gasteiger partial charge in [-0.15, -0.1) is 0 Å². The van der Waals surface area contributed by atoms with Crippen LogP contribution in [0.15, 0.2) is 60.4 Å². The number of carbonyl (C=O) groups is 3. The first-order valence-electron chi connectivity index (χ1n) is 12.5. The first-order valence-corrected chi connectivity index (χ1v) is 12.5. The van der Waals surface area contributed by atoms with E-state index in [2.05, 4.69) is 5.32 Å². The number of carbonyl (C=O) groups excluding carboxylic acids is 3. The molecule has 2 saturated heterocycles. The van der Waals surface area contributed by atoms with Crippen LogP contribution >= 0.6 is 0 Å². The number of hydrogen-bond donors (Lipinski definition) is 2. The minimum Gasteiger partial charge on any atom is -0.508 e. The number of fused-ring (bicyclic) bond motifs is 1. The van der Waals surface area contributed by atoms with Gasteiger partial charge >= 0.3 is 6.03 Å². The Balaban J connectivity index is 1.42. The van der Waals surface area contributed by atoms with Gasteiger partial charge in [0.25, 0.3) is 0 Å². The molecule has 11 heteroatoms. The number of ether oxygens (including phenoxy) is 1. The molecule has 3 aliphatic heterocycles. The average molecular weight is 524 g/mol. The molecule has 200 valence electrons. The summed E-state index contributed by atoms with van der Waals surface area (Å²) in [6.45, 7) is 1.02. The lowest BCUT2D eigenvalue weighted by molar-refractivity contribution is -0.186. The highest BCUT2D eigenvalue weighted by molar-refractivity contribution is 5.91. The number of phenolic OH excluding ortho intramolecular Hbond substituents is 1. The number of hydrazine groups is 1. The topological polar surface area (TPSA) is 106 Å². The van der Waals surface area contributed by atoms with Gasteiger partial charge in [-0.2, -0.15) is 0 Å². The number of hydrogen-bond acceptors (Lipinski definition) is 6. The van der Waals surface area contributed by atoms with E-state index in [9.17, 15) is 23.9 Å². The van der Waals surface area contributed by atoms with Crippen molar-refractivity contribution in [3.05, 3.63) is 77.3 Å². The van der Waals surface area contributed by atoms with Gasteiger partial charge in [-0.25, -0.2) is 19.2 Å². The standard InChI is InChI=1S/C27H30FN5O5/c1-30-17-25(35)32-23(13-18-6-10-21(34)11-7-18)26(36)31(15-22-3-2-12-38-22)16-24(32)33(30)27(37)29-14-19-4-8-20(28)9-5-19/h3-11,23-24,34H,2,12-17H2,1H3,(H,29,37)/t23-,24-/m0/s1. The fourth-order valence-electron chi connectivity index (χ4n) is 5.13. The zero-order valence-electron chi connectivity index (χ0n) is 21.0. The Hall–Kier alpha value is -4.12. The summed E-state index contributed by atoms with van der Waals surface area (Å²) in [7, 11) is 1.66. The van der Waals surface area contributed by atoms with Gasteiger partial charge in [-0.1, -0.05) is 24.3 Å². The van der Waals surface area contributed by atoms with Crippen molar-refractivity contribution in [1.82, 2.24) is 25.1 Å². The molecule has 10 nitrogen and oxygen atoms in total. The fourth-order valence-corrected chi connectivity index (χ4v) is 5.13. The Bertz CT molecular complexity index is 1240. The lowest BCUT2D eigenvalue weighted by Gasteiger charge is -2.54. The Kier molecular flexibility index (Phi) is 7.19. The van der Waals surface area contributed by atoms with Crippen molar-refractivity contribution >= 4 is 17.8 Å². The molecule has 0 bridgehead atoms. The monoisotopic (exact) mass is 523 g/mol. The van der Waals surface area contributed by atoms with Crippen molar-refractivity contribution < 1.29 is 28.6 Å². The van der Waals surface area contributed by atoms with Gasteiger partial charge in [0.15, 0.2) is 0 Å².